The van der Waals surface area contributed by atoms with Gasteiger partial charge in [-0.05, 0) is 24.2 Å². The Bertz CT molecular complexity index is 333. The highest BCUT2D eigenvalue weighted by Gasteiger charge is 2.40. The van der Waals surface area contributed by atoms with Crippen LogP contribution in [0, 0.1) is 28.1 Å². The predicted molar refractivity (Wildman–Crippen MR) is 69.7 cm³/mol. The predicted octanol–water partition coefficient (Wildman–Crippen LogP) is 2.11. The van der Waals surface area contributed by atoms with Gasteiger partial charge in [0.15, 0.2) is 0 Å². The van der Waals surface area contributed by atoms with Crippen LogP contribution in [0.5, 0.6) is 0 Å². The van der Waals surface area contributed by atoms with Crippen molar-refractivity contribution in [2.45, 2.75) is 40.5 Å². The first-order chi connectivity index (χ1) is 8.32. The summed E-state index contributed by atoms with van der Waals surface area (Å²) in [5.74, 6) is 0.237. The highest BCUT2D eigenvalue weighted by molar-refractivity contribution is 5.85. The largest absolute Gasteiger partial charge is 0.381 e. The summed E-state index contributed by atoms with van der Waals surface area (Å²) in [4.78, 5) is 12.2. The molecule has 0 radical (unpaired) electrons. The van der Waals surface area contributed by atoms with E-state index in [1.807, 2.05) is 0 Å². The summed E-state index contributed by atoms with van der Waals surface area (Å²) in [5, 5.41) is 12.2. The molecule has 1 saturated heterocycles. The molecule has 0 aromatic rings. The van der Waals surface area contributed by atoms with Crippen molar-refractivity contribution < 1.29 is 9.53 Å². The van der Waals surface area contributed by atoms with E-state index in [1.165, 1.54) is 0 Å². The molecule has 0 aromatic carbocycles. The average molecular weight is 252 g/mol. The molecule has 1 fully saturated rings. The summed E-state index contributed by atoms with van der Waals surface area (Å²) in [7, 11) is 0. The average Bonchev–Trinajstić information content (AvgIpc) is 2.35. The van der Waals surface area contributed by atoms with Gasteiger partial charge in [-0.15, -0.1) is 0 Å². The van der Waals surface area contributed by atoms with Crippen molar-refractivity contribution in [1.82, 2.24) is 5.32 Å². The van der Waals surface area contributed by atoms with Crippen LogP contribution >= 0.6 is 0 Å². The number of hydrogen-bond acceptors (Lipinski definition) is 3. The van der Waals surface area contributed by atoms with Crippen molar-refractivity contribution >= 4 is 5.91 Å². The fraction of sp³-hybridized carbons (Fsp3) is 0.857. The number of hydrogen-bond donors (Lipinski definition) is 1. The molecule has 1 unspecified atom stereocenters. The number of rotatable bonds is 3. The molecular formula is C14H24N2O2. The fourth-order valence-electron chi connectivity index (χ4n) is 1.83. The van der Waals surface area contributed by atoms with Crippen molar-refractivity contribution in [1.29, 1.82) is 5.26 Å². The Morgan fingerprint density at radius 3 is 2.44 bits per heavy atom. The lowest BCUT2D eigenvalue weighted by molar-refractivity contribution is -0.132. The zero-order valence-electron chi connectivity index (χ0n) is 11.9. The van der Waals surface area contributed by atoms with Crippen LogP contribution in [-0.2, 0) is 9.53 Å². The van der Waals surface area contributed by atoms with Gasteiger partial charge in [0, 0.05) is 19.8 Å². The van der Waals surface area contributed by atoms with Crippen molar-refractivity contribution in [2.75, 3.05) is 19.8 Å². The van der Waals surface area contributed by atoms with Gasteiger partial charge in [-0.1, -0.05) is 27.7 Å². The molecule has 0 saturated carbocycles. The van der Waals surface area contributed by atoms with Gasteiger partial charge in [-0.2, -0.15) is 5.26 Å². The molecule has 102 valence electrons. The van der Waals surface area contributed by atoms with Crippen LogP contribution in [0.15, 0.2) is 0 Å². The van der Waals surface area contributed by atoms with E-state index in [0.29, 0.717) is 38.5 Å². The lowest BCUT2D eigenvalue weighted by atomic mass is 9.79. The van der Waals surface area contributed by atoms with E-state index < -0.39 is 5.41 Å². The van der Waals surface area contributed by atoms with E-state index in [4.69, 9.17) is 4.74 Å². The Labute approximate surface area is 110 Å². The Morgan fingerprint density at radius 2 is 2.00 bits per heavy atom. The van der Waals surface area contributed by atoms with Crippen molar-refractivity contribution in [2.24, 2.45) is 16.7 Å². The number of ether oxygens (including phenoxy) is 1. The molecule has 0 aliphatic carbocycles. The number of nitrogens with one attached hydrogen (secondary N) is 1. The van der Waals surface area contributed by atoms with Crippen molar-refractivity contribution in [3.05, 3.63) is 0 Å². The molecule has 1 aliphatic heterocycles. The number of amides is 1. The highest BCUT2D eigenvalue weighted by Crippen LogP contribution is 2.30. The monoisotopic (exact) mass is 252 g/mol. The normalized spacial score (nSPS) is 20.8. The maximum Gasteiger partial charge on any atom is 0.240 e. The zero-order valence-corrected chi connectivity index (χ0v) is 11.9. The standard InChI is InChI=1S/C14H24N2O2/c1-11(13(2,3)4)9-16-12(17)14(10-15)5-7-18-8-6-14/h11H,5-9H2,1-4H3,(H,16,17). The molecule has 0 spiro atoms. The minimum atomic E-state index is -0.879. The summed E-state index contributed by atoms with van der Waals surface area (Å²) < 4.78 is 5.23. The van der Waals surface area contributed by atoms with E-state index in [2.05, 4.69) is 39.1 Å². The maximum atomic E-state index is 12.2. The molecule has 4 nitrogen and oxygen atoms in total. The Morgan fingerprint density at radius 1 is 1.44 bits per heavy atom. The van der Waals surface area contributed by atoms with Gasteiger partial charge in [0.25, 0.3) is 0 Å². The van der Waals surface area contributed by atoms with E-state index in [-0.39, 0.29) is 11.3 Å². The van der Waals surface area contributed by atoms with Crippen LogP contribution in [0.4, 0.5) is 0 Å². The molecule has 1 aliphatic rings. The van der Waals surface area contributed by atoms with Crippen LogP contribution in [-0.4, -0.2) is 25.7 Å². The second kappa shape index (κ2) is 5.71. The third-order valence-corrected chi connectivity index (χ3v) is 4.04. The lowest BCUT2D eigenvalue weighted by Crippen LogP contribution is -2.46. The number of carbonyl (C=O) groups is 1. The van der Waals surface area contributed by atoms with E-state index in [1.54, 1.807) is 0 Å². The van der Waals surface area contributed by atoms with Crippen molar-refractivity contribution in [3.63, 3.8) is 0 Å². The third kappa shape index (κ3) is 3.46. The van der Waals surface area contributed by atoms with Crippen molar-refractivity contribution in [3.8, 4) is 6.07 Å². The highest BCUT2D eigenvalue weighted by atomic mass is 16.5. The molecular weight excluding hydrogens is 228 g/mol. The summed E-state index contributed by atoms with van der Waals surface area (Å²) in [6, 6.07) is 2.19. The molecule has 1 amide bonds. The molecule has 1 atom stereocenters. The fourth-order valence-corrected chi connectivity index (χ4v) is 1.83. The Kier molecular flexibility index (Phi) is 4.75. The van der Waals surface area contributed by atoms with E-state index >= 15 is 0 Å². The van der Waals surface area contributed by atoms with Crippen LogP contribution < -0.4 is 5.32 Å². The van der Waals surface area contributed by atoms with Gasteiger partial charge in [0.2, 0.25) is 5.91 Å². The first kappa shape index (κ1) is 15.0. The number of nitrogens with zero attached hydrogens (tertiary/aromatic N) is 1. The molecule has 18 heavy (non-hydrogen) atoms. The summed E-state index contributed by atoms with van der Waals surface area (Å²) in [6.07, 6.45) is 0.998. The second-order valence-corrected chi connectivity index (χ2v) is 6.28. The first-order valence-electron chi connectivity index (χ1n) is 6.59. The molecule has 0 aromatic heterocycles. The lowest BCUT2D eigenvalue weighted by Gasteiger charge is -2.32. The summed E-state index contributed by atoms with van der Waals surface area (Å²) in [6.45, 7) is 10.2. The molecule has 1 rings (SSSR count). The van der Waals surface area contributed by atoms with Crippen LogP contribution in [0.25, 0.3) is 0 Å². The van der Waals surface area contributed by atoms with Gasteiger partial charge < -0.3 is 10.1 Å². The zero-order chi connectivity index (χ0) is 13.8. The summed E-state index contributed by atoms with van der Waals surface area (Å²) >= 11 is 0. The molecule has 1 N–H and O–H groups in total. The van der Waals surface area contributed by atoms with Gasteiger partial charge in [-0.3, -0.25) is 4.79 Å². The van der Waals surface area contributed by atoms with Crippen LogP contribution in [0.3, 0.4) is 0 Å². The smallest absolute Gasteiger partial charge is 0.240 e. The molecule has 0 bridgehead atoms. The van der Waals surface area contributed by atoms with E-state index in [9.17, 15) is 10.1 Å². The van der Waals surface area contributed by atoms with Gasteiger partial charge in [-0.25, -0.2) is 0 Å². The number of nitriles is 1. The van der Waals surface area contributed by atoms with Gasteiger partial charge in [0.05, 0.1) is 6.07 Å². The second-order valence-electron chi connectivity index (χ2n) is 6.28. The number of carbonyl (C=O) groups excluding carboxylic acids is 1. The quantitative estimate of drug-likeness (QED) is 0.836. The first-order valence-corrected chi connectivity index (χ1v) is 6.59. The van der Waals surface area contributed by atoms with E-state index in [0.717, 1.165) is 0 Å². The topological polar surface area (TPSA) is 62.1 Å². The molecule has 4 heteroatoms. The Balaban J connectivity index is 2.57. The van der Waals surface area contributed by atoms with Gasteiger partial charge >= 0.3 is 0 Å². The Hall–Kier alpha value is -1.08. The molecule has 1 heterocycles. The van der Waals surface area contributed by atoms with Gasteiger partial charge in [0.1, 0.15) is 5.41 Å². The minimum absolute atomic E-state index is 0.135. The van der Waals surface area contributed by atoms with Crippen LogP contribution in [0.2, 0.25) is 0 Å². The minimum Gasteiger partial charge on any atom is -0.381 e. The summed E-state index contributed by atoms with van der Waals surface area (Å²) in [5.41, 5.74) is -0.724. The van der Waals surface area contributed by atoms with Crippen LogP contribution in [0.1, 0.15) is 40.5 Å². The third-order valence-electron chi connectivity index (χ3n) is 4.04. The maximum absolute atomic E-state index is 12.2. The SMILES string of the molecule is CC(CNC(=O)C1(C#N)CCOCC1)C(C)(C)C.